The summed E-state index contributed by atoms with van der Waals surface area (Å²) in [6.45, 7) is -2.15. The van der Waals surface area contributed by atoms with E-state index in [1.165, 1.54) is 0 Å². The summed E-state index contributed by atoms with van der Waals surface area (Å²) in [7, 11) is -5.27. The summed E-state index contributed by atoms with van der Waals surface area (Å²) < 4.78 is 37.8. The zero-order chi connectivity index (χ0) is 18.0. The van der Waals surface area contributed by atoms with E-state index in [2.05, 4.69) is 9.22 Å². The first-order valence-electron chi connectivity index (χ1n) is 6.14. The fourth-order valence-corrected chi connectivity index (χ4v) is 2.16. The minimum absolute atomic E-state index is 0.897. The van der Waals surface area contributed by atoms with Gasteiger partial charge in [0, 0.05) is 0 Å². The van der Waals surface area contributed by atoms with E-state index in [9.17, 15) is 34.0 Å². The van der Waals surface area contributed by atoms with Crippen LogP contribution in [0, 0.1) is 0 Å². The van der Waals surface area contributed by atoms with Crippen LogP contribution < -0.4 is 0 Å². The van der Waals surface area contributed by atoms with Crippen molar-refractivity contribution in [3.8, 4) is 0 Å². The van der Waals surface area contributed by atoms with Gasteiger partial charge in [-0.05, 0) is 0 Å². The van der Waals surface area contributed by atoms with Gasteiger partial charge in [0.1, 0.15) is 36.6 Å². The lowest BCUT2D eigenvalue weighted by molar-refractivity contribution is -0.442. The van der Waals surface area contributed by atoms with Crippen LogP contribution in [0.2, 0.25) is 0 Å². The predicted molar refractivity (Wildman–Crippen MR) is 65.5 cm³/mol. The van der Waals surface area contributed by atoms with Crippen LogP contribution in [-0.4, -0.2) is 104 Å². The molecule has 1 aliphatic heterocycles. The van der Waals surface area contributed by atoms with Gasteiger partial charge in [-0.15, -0.1) is 0 Å². The standard InChI is InChI=1S/C9H18O13S/c10-1-3-5(13)6(14)7(15)8(20-3)9(16,4(12)2-11)21-22-23(17,18)19/h3-8,10-16H,1-2H2,(H,17,18,19)/t3-,4?,5+,6+,7-,8?,9?/m1/s1. The summed E-state index contributed by atoms with van der Waals surface area (Å²) in [6.07, 6.45) is -12.1. The third-order valence-corrected chi connectivity index (χ3v) is 3.44. The molecule has 3 unspecified atom stereocenters. The van der Waals surface area contributed by atoms with Crippen molar-refractivity contribution in [3.63, 3.8) is 0 Å². The van der Waals surface area contributed by atoms with E-state index in [4.69, 9.17) is 19.5 Å². The minimum Gasteiger partial charge on any atom is -0.394 e. The molecule has 0 aromatic heterocycles. The lowest BCUT2D eigenvalue weighted by atomic mass is 9.88. The normalized spacial score (nSPS) is 36.4. The van der Waals surface area contributed by atoms with Crippen LogP contribution in [-0.2, 0) is 24.4 Å². The summed E-state index contributed by atoms with van der Waals surface area (Å²) in [4.78, 5) is 3.98. The molecule has 8 N–H and O–H groups in total. The lowest BCUT2D eigenvalue weighted by Crippen LogP contribution is -2.69. The summed E-state index contributed by atoms with van der Waals surface area (Å²) in [6, 6.07) is 0. The first kappa shape index (κ1) is 20.6. The first-order chi connectivity index (χ1) is 10.5. The Hall–Kier alpha value is -0.490. The second-order valence-corrected chi connectivity index (χ2v) is 5.77. The minimum atomic E-state index is -5.27. The summed E-state index contributed by atoms with van der Waals surface area (Å²) >= 11 is 0. The summed E-state index contributed by atoms with van der Waals surface area (Å²) in [5.41, 5.74) is 0. The second-order valence-electron chi connectivity index (χ2n) is 4.78. The van der Waals surface area contributed by atoms with E-state index < -0.39 is 66.0 Å². The number of hydrogen-bond donors (Lipinski definition) is 8. The molecule has 7 atom stereocenters. The molecule has 1 saturated heterocycles. The van der Waals surface area contributed by atoms with Gasteiger partial charge < -0.3 is 40.5 Å². The molecule has 0 saturated carbocycles. The Morgan fingerprint density at radius 1 is 1.13 bits per heavy atom. The van der Waals surface area contributed by atoms with Gasteiger partial charge in [0.05, 0.1) is 13.2 Å². The van der Waals surface area contributed by atoms with Gasteiger partial charge in [-0.25, -0.2) is 0 Å². The maximum Gasteiger partial charge on any atom is 0.424 e. The highest BCUT2D eigenvalue weighted by atomic mass is 32.3. The molecule has 1 aliphatic rings. The largest absolute Gasteiger partial charge is 0.424 e. The van der Waals surface area contributed by atoms with E-state index in [0.29, 0.717) is 0 Å². The van der Waals surface area contributed by atoms with E-state index in [0.717, 1.165) is 0 Å². The highest BCUT2D eigenvalue weighted by molar-refractivity contribution is 7.80. The van der Waals surface area contributed by atoms with Gasteiger partial charge >= 0.3 is 10.4 Å². The van der Waals surface area contributed by atoms with Crippen LogP contribution in [0.3, 0.4) is 0 Å². The zero-order valence-electron chi connectivity index (χ0n) is 11.4. The molecule has 1 fully saturated rings. The third-order valence-electron chi connectivity index (χ3n) is 3.20. The monoisotopic (exact) mass is 366 g/mol. The van der Waals surface area contributed by atoms with Crippen LogP contribution in [0.1, 0.15) is 0 Å². The summed E-state index contributed by atoms with van der Waals surface area (Å²) in [5.74, 6) is -3.31. The molecule has 1 rings (SSSR count). The Morgan fingerprint density at radius 3 is 2.13 bits per heavy atom. The van der Waals surface area contributed by atoms with E-state index >= 15 is 0 Å². The maximum atomic E-state index is 10.5. The van der Waals surface area contributed by atoms with Crippen LogP contribution in [0.15, 0.2) is 0 Å². The lowest BCUT2D eigenvalue weighted by Gasteiger charge is -2.46. The molecule has 0 bridgehead atoms. The van der Waals surface area contributed by atoms with Gasteiger partial charge in [-0.3, -0.25) is 4.55 Å². The van der Waals surface area contributed by atoms with Gasteiger partial charge in [-0.1, -0.05) is 4.33 Å². The molecule has 0 aliphatic carbocycles. The Balaban J connectivity index is 3.14. The quantitative estimate of drug-likeness (QED) is 0.0912. The van der Waals surface area contributed by atoms with Crippen molar-refractivity contribution < 1.29 is 62.7 Å². The van der Waals surface area contributed by atoms with Crippen molar-refractivity contribution in [2.24, 2.45) is 0 Å². The van der Waals surface area contributed by atoms with E-state index in [1.54, 1.807) is 0 Å². The molecule has 1 heterocycles. The Bertz CT molecular complexity index is 480. The first-order valence-corrected chi connectivity index (χ1v) is 7.51. The molecular weight excluding hydrogens is 348 g/mol. The zero-order valence-corrected chi connectivity index (χ0v) is 12.2. The fourth-order valence-electron chi connectivity index (χ4n) is 1.96. The SMILES string of the molecule is O=S(=O)(O)OOC(O)(C(O)CO)C1O[C@H](CO)[C@H](O)[C@H](O)[C@H]1O. The average Bonchev–Trinajstić information content (AvgIpc) is 2.49. The van der Waals surface area contributed by atoms with E-state index in [1.807, 2.05) is 0 Å². The smallest absolute Gasteiger partial charge is 0.394 e. The molecule has 0 aromatic rings. The number of hydrogen-bond acceptors (Lipinski definition) is 12. The second kappa shape index (κ2) is 7.60. The fraction of sp³-hybridized carbons (Fsp3) is 1.00. The van der Waals surface area contributed by atoms with Gasteiger partial charge in [0.25, 0.3) is 5.79 Å². The maximum absolute atomic E-state index is 10.5. The number of aliphatic hydroxyl groups excluding tert-OH is 6. The van der Waals surface area contributed by atoms with Gasteiger partial charge in [0.2, 0.25) is 0 Å². The van der Waals surface area contributed by atoms with E-state index in [-0.39, 0.29) is 0 Å². The molecule has 138 valence electrons. The van der Waals surface area contributed by atoms with Crippen molar-refractivity contribution in [2.45, 2.75) is 42.4 Å². The topological polar surface area (TPSA) is 224 Å². The number of rotatable bonds is 7. The van der Waals surface area contributed by atoms with Crippen LogP contribution in [0.5, 0.6) is 0 Å². The van der Waals surface area contributed by atoms with Crippen molar-refractivity contribution in [3.05, 3.63) is 0 Å². The Kier molecular flexibility index (Phi) is 6.79. The Morgan fingerprint density at radius 2 is 1.70 bits per heavy atom. The highest BCUT2D eigenvalue weighted by Gasteiger charge is 2.57. The molecule has 14 heteroatoms. The molecule has 23 heavy (non-hydrogen) atoms. The third kappa shape index (κ3) is 4.53. The molecule has 0 spiro atoms. The predicted octanol–water partition coefficient (Wildman–Crippen LogP) is -5.38. The molecule has 13 nitrogen and oxygen atoms in total. The van der Waals surface area contributed by atoms with Crippen molar-refractivity contribution in [2.75, 3.05) is 13.2 Å². The number of aliphatic hydroxyl groups is 7. The van der Waals surface area contributed by atoms with Crippen molar-refractivity contribution >= 4 is 10.4 Å². The Labute approximate surface area is 129 Å². The molecule has 0 amide bonds. The van der Waals surface area contributed by atoms with Crippen LogP contribution in [0.25, 0.3) is 0 Å². The summed E-state index contributed by atoms with van der Waals surface area (Å²) in [5, 5.41) is 66.7. The highest BCUT2D eigenvalue weighted by Crippen LogP contribution is 2.32. The average molecular weight is 366 g/mol. The van der Waals surface area contributed by atoms with Crippen molar-refractivity contribution in [1.29, 1.82) is 0 Å². The number of ether oxygens (including phenoxy) is 1. The molecule has 0 radical (unpaired) electrons. The molecule has 0 aromatic carbocycles. The van der Waals surface area contributed by atoms with Crippen molar-refractivity contribution in [1.82, 2.24) is 0 Å². The van der Waals surface area contributed by atoms with Crippen LogP contribution >= 0.6 is 0 Å². The van der Waals surface area contributed by atoms with Gasteiger partial charge in [-0.2, -0.15) is 13.3 Å². The molecular formula is C9H18O13S. The van der Waals surface area contributed by atoms with Crippen LogP contribution in [0.4, 0.5) is 0 Å². The van der Waals surface area contributed by atoms with Gasteiger partial charge in [0.15, 0.2) is 0 Å².